The van der Waals surface area contributed by atoms with Crippen LogP contribution in [0.4, 0.5) is 0 Å². The molecule has 4 heteroatoms. The molecule has 100 valence electrons. The van der Waals surface area contributed by atoms with Gasteiger partial charge in [0.25, 0.3) is 0 Å². The lowest BCUT2D eigenvalue weighted by Crippen LogP contribution is -2.17. The summed E-state index contributed by atoms with van der Waals surface area (Å²) in [5, 5.41) is 0. The maximum Gasteiger partial charge on any atom is 0.309 e. The SMILES string of the molecule is C=CCOC(=O)C(C)CSCCCCCCN. The zero-order chi connectivity index (χ0) is 12.9. The number of carbonyl (C=O) groups excluding carboxylic acids is 1. The van der Waals surface area contributed by atoms with Gasteiger partial charge in [-0.25, -0.2) is 0 Å². The van der Waals surface area contributed by atoms with E-state index < -0.39 is 0 Å². The highest BCUT2D eigenvalue weighted by molar-refractivity contribution is 7.99. The van der Waals surface area contributed by atoms with Crippen LogP contribution < -0.4 is 5.73 Å². The molecule has 0 heterocycles. The van der Waals surface area contributed by atoms with E-state index in [9.17, 15) is 4.79 Å². The van der Waals surface area contributed by atoms with Gasteiger partial charge in [-0.15, -0.1) is 0 Å². The second-order valence-corrected chi connectivity index (χ2v) is 5.25. The van der Waals surface area contributed by atoms with Crippen LogP contribution in [0.1, 0.15) is 32.6 Å². The number of nitrogens with two attached hydrogens (primary N) is 1. The molecule has 0 rings (SSSR count). The van der Waals surface area contributed by atoms with Gasteiger partial charge < -0.3 is 10.5 Å². The molecule has 0 saturated carbocycles. The quantitative estimate of drug-likeness (QED) is 0.352. The Morgan fingerprint density at radius 3 is 2.76 bits per heavy atom. The second kappa shape index (κ2) is 12.0. The van der Waals surface area contributed by atoms with Crippen LogP contribution in [0.2, 0.25) is 0 Å². The highest BCUT2D eigenvalue weighted by Gasteiger charge is 2.13. The molecule has 0 aliphatic heterocycles. The van der Waals surface area contributed by atoms with Crippen LogP contribution in [-0.4, -0.2) is 30.6 Å². The third-order valence-corrected chi connectivity index (χ3v) is 3.67. The maximum absolute atomic E-state index is 11.4. The van der Waals surface area contributed by atoms with Crippen LogP contribution in [-0.2, 0) is 9.53 Å². The van der Waals surface area contributed by atoms with Crippen molar-refractivity contribution in [2.75, 3.05) is 24.7 Å². The van der Waals surface area contributed by atoms with E-state index >= 15 is 0 Å². The third kappa shape index (κ3) is 10.4. The first kappa shape index (κ1) is 16.5. The van der Waals surface area contributed by atoms with Crippen molar-refractivity contribution in [3.8, 4) is 0 Å². The van der Waals surface area contributed by atoms with Gasteiger partial charge in [-0.1, -0.05) is 32.4 Å². The monoisotopic (exact) mass is 259 g/mol. The number of hydrogen-bond acceptors (Lipinski definition) is 4. The van der Waals surface area contributed by atoms with Crippen molar-refractivity contribution in [2.45, 2.75) is 32.6 Å². The summed E-state index contributed by atoms with van der Waals surface area (Å²) in [5.41, 5.74) is 5.42. The number of rotatable bonds is 11. The summed E-state index contributed by atoms with van der Waals surface area (Å²) in [4.78, 5) is 11.4. The molecule has 0 aromatic rings. The molecule has 3 nitrogen and oxygen atoms in total. The van der Waals surface area contributed by atoms with Crippen LogP contribution in [0, 0.1) is 5.92 Å². The average molecular weight is 259 g/mol. The lowest BCUT2D eigenvalue weighted by molar-refractivity contribution is -0.145. The fourth-order valence-electron chi connectivity index (χ4n) is 1.31. The van der Waals surface area contributed by atoms with Crippen molar-refractivity contribution >= 4 is 17.7 Å². The van der Waals surface area contributed by atoms with Gasteiger partial charge in [0.1, 0.15) is 6.61 Å². The summed E-state index contributed by atoms with van der Waals surface area (Å²) in [5.74, 6) is 1.81. The second-order valence-electron chi connectivity index (χ2n) is 4.10. The summed E-state index contributed by atoms with van der Waals surface area (Å²) in [6.45, 7) is 6.52. The highest BCUT2D eigenvalue weighted by Crippen LogP contribution is 2.13. The molecule has 0 radical (unpaired) electrons. The maximum atomic E-state index is 11.4. The summed E-state index contributed by atoms with van der Waals surface area (Å²) in [7, 11) is 0. The first-order valence-corrected chi connectivity index (χ1v) is 7.43. The minimum Gasteiger partial charge on any atom is -0.461 e. The zero-order valence-electron chi connectivity index (χ0n) is 10.8. The average Bonchev–Trinajstić information content (AvgIpc) is 2.34. The molecule has 0 aliphatic carbocycles. The molecular formula is C13H25NO2S. The van der Waals surface area contributed by atoms with Gasteiger partial charge >= 0.3 is 5.97 Å². The Kier molecular flexibility index (Phi) is 11.7. The minimum atomic E-state index is -0.125. The lowest BCUT2D eigenvalue weighted by Gasteiger charge is -2.09. The Hall–Kier alpha value is -0.480. The first-order valence-electron chi connectivity index (χ1n) is 6.27. The number of thioether (sulfide) groups is 1. The molecule has 1 unspecified atom stereocenters. The van der Waals surface area contributed by atoms with Gasteiger partial charge in [-0.2, -0.15) is 11.8 Å². The van der Waals surface area contributed by atoms with Gasteiger partial charge in [-0.05, 0) is 25.1 Å². The Morgan fingerprint density at radius 1 is 1.41 bits per heavy atom. The summed E-state index contributed by atoms with van der Waals surface area (Å²) >= 11 is 1.82. The Morgan fingerprint density at radius 2 is 2.12 bits per heavy atom. The van der Waals surface area contributed by atoms with E-state index in [1.165, 1.54) is 19.3 Å². The molecule has 2 N–H and O–H groups in total. The molecular weight excluding hydrogens is 234 g/mol. The van der Waals surface area contributed by atoms with Crippen molar-refractivity contribution in [1.82, 2.24) is 0 Å². The molecule has 0 aromatic carbocycles. The molecule has 0 aromatic heterocycles. The van der Waals surface area contributed by atoms with E-state index in [0.29, 0.717) is 6.61 Å². The van der Waals surface area contributed by atoms with Crippen LogP contribution >= 0.6 is 11.8 Å². The van der Waals surface area contributed by atoms with Gasteiger partial charge in [-0.3, -0.25) is 4.79 Å². The molecule has 0 saturated heterocycles. The van der Waals surface area contributed by atoms with Gasteiger partial charge in [0.15, 0.2) is 0 Å². The Bertz CT molecular complexity index is 210. The Balaban J connectivity index is 3.34. The fraction of sp³-hybridized carbons (Fsp3) is 0.769. The summed E-state index contributed by atoms with van der Waals surface area (Å²) < 4.78 is 4.98. The van der Waals surface area contributed by atoms with Crippen LogP contribution in [0.25, 0.3) is 0 Å². The molecule has 0 bridgehead atoms. The minimum absolute atomic E-state index is 0.0241. The van der Waals surface area contributed by atoms with Crippen molar-refractivity contribution in [1.29, 1.82) is 0 Å². The van der Waals surface area contributed by atoms with E-state index in [1.54, 1.807) is 6.08 Å². The van der Waals surface area contributed by atoms with Crippen LogP contribution in [0.3, 0.4) is 0 Å². The summed E-state index contributed by atoms with van der Waals surface area (Å²) in [6.07, 6.45) is 6.37. The smallest absolute Gasteiger partial charge is 0.309 e. The fourth-order valence-corrected chi connectivity index (χ4v) is 2.38. The van der Waals surface area contributed by atoms with E-state index in [4.69, 9.17) is 10.5 Å². The van der Waals surface area contributed by atoms with Gasteiger partial charge in [0, 0.05) is 5.75 Å². The van der Waals surface area contributed by atoms with Gasteiger partial charge in [0.05, 0.1) is 5.92 Å². The standard InChI is InChI=1S/C13H25NO2S/c1-3-9-16-13(15)12(2)11-17-10-7-5-4-6-8-14/h3,12H,1,4-11,14H2,2H3. The number of hydrogen-bond donors (Lipinski definition) is 1. The normalized spacial score (nSPS) is 12.1. The van der Waals surface area contributed by atoms with Crippen molar-refractivity contribution in [3.63, 3.8) is 0 Å². The third-order valence-electron chi connectivity index (χ3n) is 2.36. The molecule has 0 amide bonds. The number of esters is 1. The molecule has 0 aliphatic rings. The van der Waals surface area contributed by atoms with Crippen LogP contribution in [0.5, 0.6) is 0 Å². The topological polar surface area (TPSA) is 52.3 Å². The highest BCUT2D eigenvalue weighted by atomic mass is 32.2. The van der Waals surface area contributed by atoms with E-state index in [1.807, 2.05) is 18.7 Å². The molecule has 0 fully saturated rings. The van der Waals surface area contributed by atoms with Crippen molar-refractivity contribution in [2.24, 2.45) is 11.7 Å². The van der Waals surface area contributed by atoms with E-state index in [0.717, 1.165) is 24.5 Å². The largest absolute Gasteiger partial charge is 0.461 e. The molecule has 17 heavy (non-hydrogen) atoms. The summed E-state index contributed by atoms with van der Waals surface area (Å²) in [6, 6.07) is 0. The predicted molar refractivity (Wildman–Crippen MR) is 75.2 cm³/mol. The molecule has 1 atom stereocenters. The number of ether oxygens (including phenoxy) is 1. The van der Waals surface area contributed by atoms with Gasteiger partial charge in [0.2, 0.25) is 0 Å². The van der Waals surface area contributed by atoms with Crippen LogP contribution in [0.15, 0.2) is 12.7 Å². The van der Waals surface area contributed by atoms with Crippen molar-refractivity contribution in [3.05, 3.63) is 12.7 Å². The zero-order valence-corrected chi connectivity index (χ0v) is 11.6. The Labute approximate surface area is 109 Å². The molecule has 0 spiro atoms. The van der Waals surface area contributed by atoms with Crippen molar-refractivity contribution < 1.29 is 9.53 Å². The lowest BCUT2D eigenvalue weighted by atomic mass is 10.2. The van der Waals surface area contributed by atoms with E-state index in [-0.39, 0.29) is 11.9 Å². The van der Waals surface area contributed by atoms with E-state index in [2.05, 4.69) is 6.58 Å². The predicted octanol–water partition coefficient (Wildman–Crippen LogP) is 2.60. The number of unbranched alkanes of at least 4 members (excludes halogenated alkanes) is 3. The first-order chi connectivity index (χ1) is 8.22. The number of carbonyl (C=O) groups is 1.